The third-order valence-corrected chi connectivity index (χ3v) is 11.1. The van der Waals surface area contributed by atoms with E-state index in [1.165, 1.54) is 11.3 Å². The lowest BCUT2D eigenvalue weighted by Gasteiger charge is -2.32. The third-order valence-electron chi connectivity index (χ3n) is 10.0. The molecule has 0 spiro atoms. The first kappa shape index (κ1) is 35.1. The van der Waals surface area contributed by atoms with Gasteiger partial charge in [-0.15, -0.1) is 11.3 Å². The van der Waals surface area contributed by atoms with Gasteiger partial charge in [-0.2, -0.15) is 0 Å². The first-order chi connectivity index (χ1) is 23.3. The quantitative estimate of drug-likeness (QED) is 0.319. The number of rotatable bonds is 5. The number of fused-ring (bicyclic) bond motifs is 4. The maximum absolute atomic E-state index is 14.4. The van der Waals surface area contributed by atoms with Crippen molar-refractivity contribution in [2.45, 2.75) is 82.9 Å². The number of carbonyl (C=O) groups is 5. The van der Waals surface area contributed by atoms with Crippen molar-refractivity contribution in [3.63, 3.8) is 0 Å². The van der Waals surface area contributed by atoms with Gasteiger partial charge in [0.2, 0.25) is 11.8 Å². The molecule has 6 rings (SSSR count). The monoisotopic (exact) mass is 710 g/mol. The molecule has 3 amide bonds. The van der Waals surface area contributed by atoms with Gasteiger partial charge in [0.05, 0.1) is 12.1 Å². The fourth-order valence-corrected chi connectivity index (χ4v) is 8.43. The second kappa shape index (κ2) is 13.9. The molecule has 1 saturated carbocycles. The van der Waals surface area contributed by atoms with Crippen molar-refractivity contribution in [3.8, 4) is 11.3 Å². The van der Waals surface area contributed by atoms with Crippen LogP contribution in [0.2, 0.25) is 5.02 Å². The van der Waals surface area contributed by atoms with Crippen LogP contribution < -0.4 is 5.32 Å². The zero-order valence-corrected chi connectivity index (χ0v) is 29.6. The normalized spacial score (nSPS) is 29.5. The number of carboxylic acid groups (broad SMARTS) is 1. The summed E-state index contributed by atoms with van der Waals surface area (Å²) in [7, 11) is 0. The molecule has 0 bridgehead atoms. The fourth-order valence-electron chi connectivity index (χ4n) is 7.51. The molecule has 262 valence electrons. The van der Waals surface area contributed by atoms with E-state index < -0.39 is 46.9 Å². The largest absolute Gasteiger partial charge is 0.479 e. The average molecular weight is 711 g/mol. The van der Waals surface area contributed by atoms with Crippen LogP contribution in [0, 0.1) is 23.7 Å². The van der Waals surface area contributed by atoms with Gasteiger partial charge in [-0.3, -0.25) is 19.2 Å². The molecule has 3 fully saturated rings. The number of thiazole rings is 1. The minimum atomic E-state index is -1.44. The highest BCUT2D eigenvalue weighted by Gasteiger charge is 2.62. The van der Waals surface area contributed by atoms with Crippen LogP contribution in [-0.4, -0.2) is 86.4 Å². The van der Waals surface area contributed by atoms with Gasteiger partial charge in [-0.05, 0) is 58.6 Å². The average Bonchev–Trinajstić information content (AvgIpc) is 3.37. The lowest BCUT2D eigenvalue weighted by atomic mass is 9.92. The maximum atomic E-state index is 14.4. The molecular formula is C36H43ClN4O7S. The summed E-state index contributed by atoms with van der Waals surface area (Å²) in [5, 5.41) is 15.8. The number of carboxylic acids is 1. The molecule has 1 aromatic carbocycles. The number of likely N-dealkylation sites (tertiary alicyclic amines) is 1. The van der Waals surface area contributed by atoms with Gasteiger partial charge in [0.15, 0.2) is 5.01 Å². The van der Waals surface area contributed by atoms with E-state index in [1.807, 2.05) is 29.7 Å². The number of aromatic nitrogens is 1. The third kappa shape index (κ3) is 7.55. The Labute approximate surface area is 295 Å². The standard InChI is InChI=1S/C36H43ClN4O7S/c1-35(2,3)48-28(42)15-22-9-7-5-4-6-8-10-24-16-36(24,34(46)47)39-30(43)29-26-19-40(17-23(26)18-41(29)32(22)44)33(45)31-38-27(20-49-31)21-11-13-25(37)14-12-21/h8,10-14,20,22-24,26,29H,4-7,9,15-19H2,1-3H3,(H,39,43)(H,46,47)/b10-8-/t22-,23-,24+,26-,29-,36+/m0/s1. The first-order valence-electron chi connectivity index (χ1n) is 17.0. The minimum absolute atomic E-state index is 0.109. The van der Waals surface area contributed by atoms with E-state index in [-0.39, 0.29) is 49.6 Å². The van der Waals surface area contributed by atoms with E-state index in [0.717, 1.165) is 31.2 Å². The predicted molar refractivity (Wildman–Crippen MR) is 184 cm³/mol. The Morgan fingerprint density at radius 1 is 1.10 bits per heavy atom. The number of carbonyl (C=O) groups excluding carboxylic acids is 4. The minimum Gasteiger partial charge on any atom is -0.479 e. The second-order valence-corrected chi connectivity index (χ2v) is 16.0. The topological polar surface area (TPSA) is 146 Å². The summed E-state index contributed by atoms with van der Waals surface area (Å²) in [6.45, 7) is 6.08. The lowest BCUT2D eigenvalue weighted by molar-refractivity contribution is -0.159. The summed E-state index contributed by atoms with van der Waals surface area (Å²) in [4.78, 5) is 75.6. The molecule has 6 atom stereocenters. The van der Waals surface area contributed by atoms with Gasteiger partial charge in [0.1, 0.15) is 17.2 Å². The Balaban J connectivity index is 1.26. The van der Waals surface area contributed by atoms with E-state index in [2.05, 4.69) is 10.3 Å². The summed E-state index contributed by atoms with van der Waals surface area (Å²) < 4.78 is 5.58. The number of allylic oxidation sites excluding steroid dienone is 1. The van der Waals surface area contributed by atoms with Gasteiger partial charge in [0, 0.05) is 59.3 Å². The highest BCUT2D eigenvalue weighted by Crippen LogP contribution is 2.46. The van der Waals surface area contributed by atoms with Gasteiger partial charge < -0.3 is 25.0 Å². The van der Waals surface area contributed by atoms with Crippen LogP contribution in [0.15, 0.2) is 41.8 Å². The zero-order valence-electron chi connectivity index (χ0n) is 28.0. The number of nitrogens with zero attached hydrogens (tertiary/aromatic N) is 3. The second-order valence-electron chi connectivity index (χ2n) is 14.7. The Morgan fingerprint density at radius 2 is 1.86 bits per heavy atom. The number of hydrogen-bond donors (Lipinski definition) is 2. The van der Waals surface area contributed by atoms with Crippen molar-refractivity contribution in [3.05, 3.63) is 51.8 Å². The molecule has 4 heterocycles. The number of esters is 1. The molecule has 0 unspecified atom stereocenters. The lowest BCUT2D eigenvalue weighted by Crippen LogP contribution is -2.56. The molecule has 49 heavy (non-hydrogen) atoms. The van der Waals surface area contributed by atoms with Crippen LogP contribution in [0.4, 0.5) is 0 Å². The number of benzene rings is 1. The Hall–Kier alpha value is -3.77. The van der Waals surface area contributed by atoms with E-state index in [0.29, 0.717) is 28.7 Å². The van der Waals surface area contributed by atoms with Crippen molar-refractivity contribution in [1.82, 2.24) is 20.1 Å². The highest BCUT2D eigenvalue weighted by molar-refractivity contribution is 7.12. The SMILES string of the molecule is CC(C)(C)OC(=O)C[C@@H]1CCCCC/C=C\[C@@H]2C[C@@]2(C(=O)O)NC(=O)[C@@H]2[C@H]3CN(C(=O)c4nc(-c5ccc(Cl)cc5)cs4)C[C@H]3CN2C1=O. The van der Waals surface area contributed by atoms with Crippen LogP contribution >= 0.6 is 22.9 Å². The van der Waals surface area contributed by atoms with Crippen LogP contribution in [0.25, 0.3) is 11.3 Å². The Kier molecular flexibility index (Phi) is 9.92. The number of nitrogens with one attached hydrogen (secondary N) is 1. The highest BCUT2D eigenvalue weighted by atomic mass is 35.5. The van der Waals surface area contributed by atoms with E-state index >= 15 is 0 Å². The number of aliphatic carboxylic acids is 1. The molecule has 13 heteroatoms. The summed E-state index contributed by atoms with van der Waals surface area (Å²) in [5.74, 6) is -4.36. The van der Waals surface area contributed by atoms with E-state index in [4.69, 9.17) is 16.3 Å². The number of amides is 3. The van der Waals surface area contributed by atoms with Crippen LogP contribution in [0.1, 0.15) is 75.5 Å². The molecule has 2 saturated heterocycles. The summed E-state index contributed by atoms with van der Waals surface area (Å²) in [5.41, 5.74) is -0.663. The van der Waals surface area contributed by atoms with Crippen LogP contribution in [-0.2, 0) is 23.9 Å². The molecule has 2 N–H and O–H groups in total. The van der Waals surface area contributed by atoms with Gasteiger partial charge in [-0.1, -0.05) is 48.7 Å². The van der Waals surface area contributed by atoms with Crippen molar-refractivity contribution in [2.24, 2.45) is 23.7 Å². The molecule has 1 aliphatic carbocycles. The Bertz CT molecular complexity index is 1650. The van der Waals surface area contributed by atoms with Gasteiger partial charge in [0.25, 0.3) is 5.91 Å². The molecule has 4 aliphatic rings. The molecular weight excluding hydrogens is 668 g/mol. The van der Waals surface area contributed by atoms with Gasteiger partial charge in [-0.25, -0.2) is 9.78 Å². The molecule has 11 nitrogen and oxygen atoms in total. The summed E-state index contributed by atoms with van der Waals surface area (Å²) >= 11 is 7.27. The molecule has 0 radical (unpaired) electrons. The summed E-state index contributed by atoms with van der Waals surface area (Å²) in [6.07, 6.45) is 7.66. The number of halogens is 1. The first-order valence-corrected chi connectivity index (χ1v) is 18.3. The van der Waals surface area contributed by atoms with Crippen molar-refractivity contribution < 1.29 is 33.8 Å². The zero-order chi connectivity index (χ0) is 35.1. The fraction of sp³-hybridized carbons (Fsp3) is 0.556. The molecule has 3 aliphatic heterocycles. The van der Waals surface area contributed by atoms with Crippen LogP contribution in [0.5, 0.6) is 0 Å². The van der Waals surface area contributed by atoms with Gasteiger partial charge >= 0.3 is 11.9 Å². The number of hydrogen-bond acceptors (Lipinski definition) is 8. The van der Waals surface area contributed by atoms with E-state index in [9.17, 15) is 29.1 Å². The van der Waals surface area contributed by atoms with E-state index in [1.54, 1.807) is 42.7 Å². The van der Waals surface area contributed by atoms with Crippen LogP contribution in [0.3, 0.4) is 0 Å². The predicted octanol–water partition coefficient (Wildman–Crippen LogP) is 5.19. The van der Waals surface area contributed by atoms with Crippen molar-refractivity contribution in [1.29, 1.82) is 0 Å². The molecule has 1 aromatic heterocycles. The summed E-state index contributed by atoms with van der Waals surface area (Å²) in [6, 6.07) is 6.20. The van der Waals surface area contributed by atoms with Crippen molar-refractivity contribution >= 4 is 52.6 Å². The number of ether oxygens (including phenoxy) is 1. The maximum Gasteiger partial charge on any atom is 0.330 e. The Morgan fingerprint density at radius 3 is 2.57 bits per heavy atom. The smallest absolute Gasteiger partial charge is 0.330 e. The molecule has 2 aromatic rings. The van der Waals surface area contributed by atoms with Crippen molar-refractivity contribution in [2.75, 3.05) is 19.6 Å².